The van der Waals surface area contributed by atoms with Crippen LogP contribution in [0.25, 0.3) is 0 Å². The summed E-state index contributed by atoms with van der Waals surface area (Å²) in [6.07, 6.45) is 21.5. The Hall–Kier alpha value is -0.610. The number of carbonyl (C=O) groups is 1. The summed E-state index contributed by atoms with van der Waals surface area (Å²) in [5.41, 5.74) is 0. The van der Waals surface area contributed by atoms with Crippen molar-refractivity contribution in [1.29, 1.82) is 0 Å². The second kappa shape index (κ2) is 22.7. The Labute approximate surface area is 175 Å². The molecule has 4 nitrogen and oxygen atoms in total. The predicted molar refractivity (Wildman–Crippen MR) is 120 cm³/mol. The van der Waals surface area contributed by atoms with Crippen LogP contribution in [0.3, 0.4) is 0 Å². The van der Waals surface area contributed by atoms with E-state index in [1.165, 1.54) is 96.3 Å². The maximum Gasteiger partial charge on any atom is 0.304 e. The molecule has 2 N–H and O–H groups in total. The molecule has 0 aliphatic carbocycles. The molecule has 0 radical (unpaired) electrons. The third-order valence-corrected chi connectivity index (χ3v) is 5.38. The van der Waals surface area contributed by atoms with Crippen molar-refractivity contribution in [2.24, 2.45) is 0 Å². The molecule has 0 bridgehead atoms. The quantitative estimate of drug-likeness (QED) is 0.187. The highest BCUT2D eigenvalue weighted by Crippen LogP contribution is 2.17. The lowest BCUT2D eigenvalue weighted by Gasteiger charge is -2.18. The van der Waals surface area contributed by atoms with Crippen LogP contribution in [0, 0.1) is 0 Å². The number of aliphatic carboxylic acids is 1. The fraction of sp³-hybridized carbons (Fsp3) is 0.958. The first kappa shape index (κ1) is 27.4. The van der Waals surface area contributed by atoms with Crippen molar-refractivity contribution >= 4 is 5.97 Å². The van der Waals surface area contributed by atoms with E-state index in [0.29, 0.717) is 12.6 Å². The van der Waals surface area contributed by atoms with E-state index < -0.39 is 5.97 Å². The molecule has 0 amide bonds. The summed E-state index contributed by atoms with van der Waals surface area (Å²) in [6, 6.07) is 0. The van der Waals surface area contributed by atoms with Gasteiger partial charge in [0, 0.05) is 13.2 Å². The van der Waals surface area contributed by atoms with Crippen LogP contribution >= 0.6 is 0 Å². The van der Waals surface area contributed by atoms with Crippen molar-refractivity contribution in [2.75, 3.05) is 19.7 Å². The summed E-state index contributed by atoms with van der Waals surface area (Å²) in [5.74, 6) is -0.738. The molecule has 0 heterocycles. The molecule has 0 saturated heterocycles. The normalized spacial score (nSPS) is 12.4. The molecule has 0 aromatic carbocycles. The van der Waals surface area contributed by atoms with Crippen molar-refractivity contribution in [1.82, 2.24) is 5.32 Å². The average Bonchev–Trinajstić information content (AvgIpc) is 2.68. The van der Waals surface area contributed by atoms with Gasteiger partial charge < -0.3 is 15.2 Å². The molecule has 1 unspecified atom stereocenters. The Balaban J connectivity index is 3.82. The van der Waals surface area contributed by atoms with Gasteiger partial charge in [-0.3, -0.25) is 4.79 Å². The molecule has 1 atom stereocenters. The van der Waals surface area contributed by atoms with Crippen LogP contribution in [0.15, 0.2) is 0 Å². The number of nitrogens with one attached hydrogen (secondary N) is 1. The van der Waals surface area contributed by atoms with E-state index in [1.807, 2.05) is 0 Å². The first-order chi connectivity index (χ1) is 13.7. The van der Waals surface area contributed by atoms with Crippen LogP contribution in [0.4, 0.5) is 0 Å². The molecule has 4 heteroatoms. The summed E-state index contributed by atoms with van der Waals surface area (Å²) in [4.78, 5) is 10.5. The number of rotatable bonds is 23. The lowest BCUT2D eigenvalue weighted by molar-refractivity contribution is -0.136. The molecule has 0 aliphatic rings. The first-order valence-corrected chi connectivity index (χ1v) is 12.2. The van der Waals surface area contributed by atoms with Gasteiger partial charge in [-0.1, -0.05) is 97.3 Å². The van der Waals surface area contributed by atoms with Crippen molar-refractivity contribution in [3.8, 4) is 0 Å². The Morgan fingerprint density at radius 2 is 1.25 bits per heavy atom. The van der Waals surface area contributed by atoms with Gasteiger partial charge in [0.05, 0.1) is 12.5 Å². The molecule has 0 spiro atoms. The number of unbranched alkanes of at least 4 members (excludes halogenated alkanes) is 11. The predicted octanol–water partition coefficient (Wildman–Crippen LogP) is 6.72. The van der Waals surface area contributed by atoms with Crippen molar-refractivity contribution in [3.05, 3.63) is 0 Å². The minimum atomic E-state index is -0.738. The fourth-order valence-corrected chi connectivity index (χ4v) is 3.56. The summed E-state index contributed by atoms with van der Waals surface area (Å²) in [5, 5.41) is 11.8. The molecular weight excluding hydrogens is 350 g/mol. The molecular formula is C24H49NO3. The van der Waals surface area contributed by atoms with Gasteiger partial charge in [0.15, 0.2) is 0 Å². The number of carboxylic acids is 1. The second-order valence-corrected chi connectivity index (χ2v) is 8.21. The first-order valence-electron chi connectivity index (χ1n) is 12.2. The highest BCUT2D eigenvalue weighted by molar-refractivity contribution is 5.66. The number of carboxylic acid groups (broad SMARTS) is 1. The monoisotopic (exact) mass is 399 g/mol. The highest BCUT2D eigenvalue weighted by atomic mass is 16.5. The van der Waals surface area contributed by atoms with Gasteiger partial charge in [0.1, 0.15) is 0 Å². The van der Waals surface area contributed by atoms with E-state index >= 15 is 0 Å². The Morgan fingerprint density at radius 3 is 1.75 bits per heavy atom. The van der Waals surface area contributed by atoms with E-state index in [2.05, 4.69) is 19.2 Å². The molecule has 0 fully saturated rings. The molecule has 0 aliphatic heterocycles. The minimum Gasteiger partial charge on any atom is -0.481 e. The zero-order chi connectivity index (χ0) is 20.7. The SMILES string of the molecule is CCCCCCCCCC(CCCCCCCC)OCCCNCCC(=O)O. The van der Waals surface area contributed by atoms with Crippen molar-refractivity contribution in [2.45, 2.75) is 129 Å². The molecule has 0 saturated carbocycles. The Morgan fingerprint density at radius 1 is 0.750 bits per heavy atom. The van der Waals surface area contributed by atoms with Crippen LogP contribution in [0.2, 0.25) is 0 Å². The number of hydrogen-bond acceptors (Lipinski definition) is 3. The van der Waals surface area contributed by atoms with Gasteiger partial charge in [-0.05, 0) is 25.8 Å². The van der Waals surface area contributed by atoms with Crippen molar-refractivity contribution in [3.63, 3.8) is 0 Å². The summed E-state index contributed by atoms with van der Waals surface area (Å²) >= 11 is 0. The molecule has 0 rings (SSSR count). The standard InChI is InChI=1S/C24H49NO3/c1-3-5-7-9-11-13-15-18-23(17-14-12-10-8-6-4-2)28-22-16-20-25-21-19-24(26)27/h23,25H,3-22H2,1-2H3,(H,26,27). The zero-order valence-electron chi connectivity index (χ0n) is 19.0. The van der Waals surface area contributed by atoms with Gasteiger partial charge in [-0.25, -0.2) is 0 Å². The lowest BCUT2D eigenvalue weighted by atomic mass is 10.0. The van der Waals surface area contributed by atoms with Crippen LogP contribution < -0.4 is 5.32 Å². The van der Waals surface area contributed by atoms with Crippen molar-refractivity contribution < 1.29 is 14.6 Å². The largest absolute Gasteiger partial charge is 0.481 e. The van der Waals surface area contributed by atoms with Crippen LogP contribution in [0.1, 0.15) is 123 Å². The van der Waals surface area contributed by atoms with Gasteiger partial charge >= 0.3 is 5.97 Å². The Bertz CT molecular complexity index is 323. The zero-order valence-corrected chi connectivity index (χ0v) is 19.0. The molecule has 0 aromatic heterocycles. The average molecular weight is 400 g/mol. The second-order valence-electron chi connectivity index (χ2n) is 8.21. The Kier molecular flexibility index (Phi) is 22.2. The topological polar surface area (TPSA) is 58.6 Å². The van der Waals surface area contributed by atoms with Crippen LogP contribution in [0.5, 0.6) is 0 Å². The highest BCUT2D eigenvalue weighted by Gasteiger charge is 2.09. The van der Waals surface area contributed by atoms with Gasteiger partial charge in [0.25, 0.3) is 0 Å². The van der Waals surface area contributed by atoms with Crippen LogP contribution in [-0.4, -0.2) is 36.9 Å². The van der Waals surface area contributed by atoms with E-state index in [4.69, 9.17) is 9.84 Å². The molecule has 28 heavy (non-hydrogen) atoms. The van der Waals surface area contributed by atoms with Gasteiger partial charge in [-0.2, -0.15) is 0 Å². The lowest BCUT2D eigenvalue weighted by Crippen LogP contribution is -2.22. The number of ether oxygens (including phenoxy) is 1. The maximum absolute atomic E-state index is 10.5. The smallest absolute Gasteiger partial charge is 0.304 e. The third kappa shape index (κ3) is 21.7. The maximum atomic E-state index is 10.5. The van der Waals surface area contributed by atoms with E-state index in [1.54, 1.807) is 0 Å². The fourth-order valence-electron chi connectivity index (χ4n) is 3.56. The molecule has 0 aromatic rings. The van der Waals surface area contributed by atoms with Crippen LogP contribution in [-0.2, 0) is 9.53 Å². The third-order valence-electron chi connectivity index (χ3n) is 5.38. The van der Waals surface area contributed by atoms with Gasteiger partial charge in [-0.15, -0.1) is 0 Å². The minimum absolute atomic E-state index is 0.194. The summed E-state index contributed by atoms with van der Waals surface area (Å²) in [7, 11) is 0. The van der Waals surface area contributed by atoms with E-state index in [9.17, 15) is 4.79 Å². The van der Waals surface area contributed by atoms with E-state index in [-0.39, 0.29) is 6.42 Å². The summed E-state index contributed by atoms with van der Waals surface area (Å²) < 4.78 is 6.19. The number of hydrogen-bond donors (Lipinski definition) is 2. The van der Waals surface area contributed by atoms with Gasteiger partial charge in [0.2, 0.25) is 0 Å². The molecule has 168 valence electrons. The van der Waals surface area contributed by atoms with E-state index in [0.717, 1.165) is 19.6 Å². The summed E-state index contributed by atoms with van der Waals surface area (Å²) in [6.45, 7) is 6.72.